The largest absolute Gasteiger partial charge is 0.364 e. The lowest BCUT2D eigenvalue weighted by atomic mass is 10.1. The van der Waals surface area contributed by atoms with E-state index in [1.807, 2.05) is 17.5 Å². The van der Waals surface area contributed by atoms with Gasteiger partial charge in [0.25, 0.3) is 11.8 Å². The summed E-state index contributed by atoms with van der Waals surface area (Å²) in [5, 5.41) is 1.98. The van der Waals surface area contributed by atoms with E-state index in [4.69, 9.17) is 0 Å². The first-order valence-electron chi connectivity index (χ1n) is 11.2. The van der Waals surface area contributed by atoms with Gasteiger partial charge in [-0.1, -0.05) is 57.9 Å². The Bertz CT molecular complexity index is 706. The molecule has 0 aromatic carbocycles. The van der Waals surface area contributed by atoms with Gasteiger partial charge < -0.3 is 9.80 Å². The molecule has 1 saturated heterocycles. The molecule has 1 aromatic heterocycles. The van der Waals surface area contributed by atoms with Gasteiger partial charge in [0.15, 0.2) is 0 Å². The first-order valence-corrected chi connectivity index (χ1v) is 12.1. The van der Waals surface area contributed by atoms with E-state index in [1.165, 1.54) is 43.4 Å². The van der Waals surface area contributed by atoms with Crippen molar-refractivity contribution in [1.29, 1.82) is 0 Å². The number of thiophene rings is 1. The lowest BCUT2D eigenvalue weighted by Gasteiger charge is -2.34. The number of nitrogens with zero attached hydrogens (tertiary/aromatic N) is 3. The van der Waals surface area contributed by atoms with Crippen molar-refractivity contribution >= 4 is 28.7 Å². The molecule has 5 nitrogen and oxygen atoms in total. The molecule has 1 aromatic rings. The quantitative estimate of drug-likeness (QED) is 0.399. The molecule has 6 heteroatoms. The lowest BCUT2D eigenvalue weighted by Crippen LogP contribution is -2.46. The molecule has 0 unspecified atom stereocenters. The van der Waals surface area contributed by atoms with Crippen LogP contribution >= 0.6 is 11.3 Å². The fraction of sp³-hybridized carbons (Fsp3) is 0.652. The summed E-state index contributed by atoms with van der Waals surface area (Å²) < 4.78 is 0. The molecule has 2 aliphatic rings. The Labute approximate surface area is 179 Å². The summed E-state index contributed by atoms with van der Waals surface area (Å²) in [5.74, 6) is -0.194. The summed E-state index contributed by atoms with van der Waals surface area (Å²) in [5.41, 5.74) is 1.25. The molecule has 0 radical (unpaired) electrons. The van der Waals surface area contributed by atoms with Crippen molar-refractivity contribution in [3.63, 3.8) is 0 Å². The molecule has 0 bridgehead atoms. The van der Waals surface area contributed by atoms with Crippen LogP contribution < -0.4 is 0 Å². The predicted octanol–water partition coefficient (Wildman–Crippen LogP) is 4.22. The number of hydrogen-bond donors (Lipinski definition) is 0. The summed E-state index contributed by atoms with van der Waals surface area (Å²) >= 11 is 1.54. The van der Waals surface area contributed by atoms with Crippen LogP contribution in [0.3, 0.4) is 0 Å². The molecule has 0 spiro atoms. The normalized spacial score (nSPS) is 18.4. The third kappa shape index (κ3) is 5.48. The smallest absolute Gasteiger partial charge is 0.277 e. The maximum absolute atomic E-state index is 13.2. The summed E-state index contributed by atoms with van der Waals surface area (Å²) in [4.78, 5) is 33.2. The summed E-state index contributed by atoms with van der Waals surface area (Å²) in [6.45, 7) is 6.20. The average Bonchev–Trinajstić information content (AvgIpc) is 3.32. The summed E-state index contributed by atoms with van der Waals surface area (Å²) in [6, 6.07) is 3.91. The van der Waals surface area contributed by atoms with Gasteiger partial charge >= 0.3 is 0 Å². The standard InChI is InChI=1S/C23H35N3O2S/c1-3-4-5-6-7-8-9-10-13-26-22(27)20(19-12-11-18-29-19)21(23(26)28)25-16-14-24(2)15-17-25/h11-12,18H,3-10,13-17H2,1-2H3. The van der Waals surface area contributed by atoms with Gasteiger partial charge in [0.1, 0.15) is 5.70 Å². The fourth-order valence-electron chi connectivity index (χ4n) is 4.14. The topological polar surface area (TPSA) is 43.9 Å². The van der Waals surface area contributed by atoms with Crippen molar-refractivity contribution < 1.29 is 9.59 Å². The second-order valence-electron chi connectivity index (χ2n) is 8.23. The Morgan fingerprint density at radius 1 is 0.897 bits per heavy atom. The van der Waals surface area contributed by atoms with Crippen molar-refractivity contribution in [2.24, 2.45) is 0 Å². The van der Waals surface area contributed by atoms with E-state index in [9.17, 15) is 9.59 Å². The van der Waals surface area contributed by atoms with Crippen LogP contribution in [0.25, 0.3) is 5.57 Å². The SMILES string of the molecule is CCCCCCCCCCN1C(=O)C(c2cccs2)=C(N2CCN(C)CC2)C1=O. The zero-order valence-electron chi connectivity index (χ0n) is 18.0. The highest BCUT2D eigenvalue weighted by molar-refractivity contribution is 7.11. The Hall–Kier alpha value is -1.66. The number of amides is 2. The first-order chi connectivity index (χ1) is 14.1. The van der Waals surface area contributed by atoms with Crippen molar-refractivity contribution in [2.75, 3.05) is 39.8 Å². The molecule has 3 rings (SSSR count). The molecule has 29 heavy (non-hydrogen) atoms. The molecule has 0 atom stereocenters. The number of piperazine rings is 1. The van der Waals surface area contributed by atoms with Gasteiger partial charge in [0, 0.05) is 37.6 Å². The minimum absolute atomic E-state index is 0.0918. The first kappa shape index (κ1) is 22.0. The molecule has 1 fully saturated rings. The maximum Gasteiger partial charge on any atom is 0.277 e. The Kier molecular flexibility index (Phi) is 8.30. The van der Waals surface area contributed by atoms with E-state index in [0.29, 0.717) is 17.8 Å². The van der Waals surface area contributed by atoms with Gasteiger partial charge in [0.05, 0.1) is 5.57 Å². The number of likely N-dealkylation sites (N-methyl/N-ethyl adjacent to an activating group) is 1. The van der Waals surface area contributed by atoms with Gasteiger partial charge in [-0.15, -0.1) is 11.3 Å². The van der Waals surface area contributed by atoms with Crippen molar-refractivity contribution in [1.82, 2.24) is 14.7 Å². The van der Waals surface area contributed by atoms with Crippen LogP contribution in [0.15, 0.2) is 23.2 Å². The zero-order chi connectivity index (χ0) is 20.6. The Balaban J connectivity index is 1.60. The van der Waals surface area contributed by atoms with Gasteiger partial charge in [-0.25, -0.2) is 0 Å². The van der Waals surface area contributed by atoms with Crippen LogP contribution in [0.5, 0.6) is 0 Å². The number of unbranched alkanes of at least 4 members (excludes halogenated alkanes) is 7. The summed E-state index contributed by atoms with van der Waals surface area (Å²) in [6.07, 6.45) is 9.65. The van der Waals surface area contributed by atoms with Gasteiger partial charge in [-0.2, -0.15) is 0 Å². The van der Waals surface area contributed by atoms with Crippen LogP contribution in [-0.4, -0.2) is 66.3 Å². The van der Waals surface area contributed by atoms with Crippen LogP contribution in [0, 0.1) is 0 Å². The van der Waals surface area contributed by atoms with E-state index in [0.717, 1.165) is 43.9 Å². The molecule has 2 amide bonds. The zero-order valence-corrected chi connectivity index (χ0v) is 18.8. The molecule has 0 aliphatic carbocycles. The number of hydrogen-bond acceptors (Lipinski definition) is 5. The van der Waals surface area contributed by atoms with Crippen LogP contribution in [-0.2, 0) is 9.59 Å². The Morgan fingerprint density at radius 3 is 2.17 bits per heavy atom. The maximum atomic E-state index is 13.2. The number of carbonyl (C=O) groups excluding carboxylic acids is 2. The minimum Gasteiger partial charge on any atom is -0.364 e. The fourth-order valence-corrected chi connectivity index (χ4v) is 4.90. The predicted molar refractivity (Wildman–Crippen MR) is 120 cm³/mol. The number of rotatable bonds is 11. The molecule has 0 saturated carbocycles. The molecule has 2 aliphatic heterocycles. The van der Waals surface area contributed by atoms with Gasteiger partial charge in [-0.3, -0.25) is 14.5 Å². The third-order valence-electron chi connectivity index (χ3n) is 5.97. The van der Waals surface area contributed by atoms with Crippen LogP contribution in [0.1, 0.15) is 63.2 Å². The highest BCUT2D eigenvalue weighted by Gasteiger charge is 2.42. The molecule has 3 heterocycles. The molecular weight excluding hydrogens is 382 g/mol. The van der Waals surface area contributed by atoms with E-state index >= 15 is 0 Å². The van der Waals surface area contributed by atoms with E-state index in [-0.39, 0.29) is 11.8 Å². The third-order valence-corrected chi connectivity index (χ3v) is 6.85. The minimum atomic E-state index is -0.102. The number of imide groups is 1. The summed E-state index contributed by atoms with van der Waals surface area (Å²) in [7, 11) is 2.10. The molecule has 0 N–H and O–H groups in total. The van der Waals surface area contributed by atoms with Gasteiger partial charge in [-0.05, 0) is 24.9 Å². The van der Waals surface area contributed by atoms with E-state index in [1.54, 1.807) is 11.3 Å². The van der Waals surface area contributed by atoms with E-state index in [2.05, 4.69) is 23.8 Å². The molecular formula is C23H35N3O2S. The second kappa shape index (κ2) is 10.9. The van der Waals surface area contributed by atoms with E-state index < -0.39 is 0 Å². The lowest BCUT2D eigenvalue weighted by molar-refractivity contribution is -0.137. The van der Waals surface area contributed by atoms with Crippen LogP contribution in [0.4, 0.5) is 0 Å². The molecule has 160 valence electrons. The van der Waals surface area contributed by atoms with Crippen LogP contribution in [0.2, 0.25) is 0 Å². The van der Waals surface area contributed by atoms with Gasteiger partial charge in [0.2, 0.25) is 0 Å². The highest BCUT2D eigenvalue weighted by atomic mass is 32.1. The van der Waals surface area contributed by atoms with Crippen molar-refractivity contribution in [2.45, 2.75) is 58.3 Å². The van der Waals surface area contributed by atoms with Crippen molar-refractivity contribution in [3.8, 4) is 0 Å². The van der Waals surface area contributed by atoms with Crippen molar-refractivity contribution in [3.05, 3.63) is 28.1 Å². The highest BCUT2D eigenvalue weighted by Crippen LogP contribution is 2.34. The average molecular weight is 418 g/mol. The second-order valence-corrected chi connectivity index (χ2v) is 9.18. The number of carbonyl (C=O) groups is 2. The monoisotopic (exact) mass is 417 g/mol. The Morgan fingerprint density at radius 2 is 1.55 bits per heavy atom.